The van der Waals surface area contributed by atoms with Crippen LogP contribution in [0.5, 0.6) is 0 Å². The van der Waals surface area contributed by atoms with Gasteiger partial charge in [0.15, 0.2) is 5.96 Å². The van der Waals surface area contributed by atoms with Crippen molar-refractivity contribution in [1.29, 1.82) is 0 Å². The van der Waals surface area contributed by atoms with Crippen LogP contribution in [0.1, 0.15) is 17.5 Å². The van der Waals surface area contributed by atoms with Gasteiger partial charge in [-0.3, -0.25) is 9.89 Å². The molecule has 0 saturated carbocycles. The van der Waals surface area contributed by atoms with Crippen LogP contribution in [0.4, 0.5) is 13.2 Å². The van der Waals surface area contributed by atoms with Crippen LogP contribution in [0.3, 0.4) is 0 Å². The molecule has 0 atom stereocenters. The lowest BCUT2D eigenvalue weighted by molar-refractivity contribution is -0.143. The van der Waals surface area contributed by atoms with Crippen molar-refractivity contribution in [3.8, 4) is 0 Å². The van der Waals surface area contributed by atoms with E-state index in [4.69, 9.17) is 0 Å². The number of benzene rings is 1. The number of hydrogen-bond donors (Lipinski definition) is 2. The third kappa shape index (κ3) is 9.07. The van der Waals surface area contributed by atoms with E-state index in [0.717, 1.165) is 5.56 Å². The molecule has 0 fully saturated rings. The van der Waals surface area contributed by atoms with Gasteiger partial charge in [0.25, 0.3) is 0 Å². The molecule has 23 heavy (non-hydrogen) atoms. The molecule has 1 aromatic rings. The first-order chi connectivity index (χ1) is 10.8. The largest absolute Gasteiger partial charge is 0.401 e. The number of halogens is 3. The Labute approximate surface area is 135 Å². The second kappa shape index (κ2) is 9.39. The minimum Gasteiger partial charge on any atom is -0.356 e. The summed E-state index contributed by atoms with van der Waals surface area (Å²) in [6.45, 7) is 2.74. The maximum atomic E-state index is 12.2. The molecule has 0 spiro atoms. The van der Waals surface area contributed by atoms with E-state index >= 15 is 0 Å². The fourth-order valence-electron chi connectivity index (χ4n) is 2.05. The van der Waals surface area contributed by atoms with Crippen molar-refractivity contribution in [1.82, 2.24) is 15.5 Å². The van der Waals surface area contributed by atoms with E-state index in [-0.39, 0.29) is 0 Å². The van der Waals surface area contributed by atoms with Crippen molar-refractivity contribution in [3.05, 3.63) is 35.4 Å². The molecule has 0 aliphatic heterocycles. The Morgan fingerprint density at radius 3 is 2.39 bits per heavy atom. The number of nitrogens with zero attached hydrogens (tertiary/aromatic N) is 2. The van der Waals surface area contributed by atoms with Gasteiger partial charge >= 0.3 is 6.18 Å². The van der Waals surface area contributed by atoms with Crippen LogP contribution in [0, 0.1) is 6.92 Å². The second-order valence-corrected chi connectivity index (χ2v) is 5.54. The van der Waals surface area contributed by atoms with E-state index in [1.165, 1.54) is 17.5 Å². The molecule has 130 valence electrons. The Bertz CT molecular complexity index is 483. The van der Waals surface area contributed by atoms with Crippen molar-refractivity contribution in [2.24, 2.45) is 4.99 Å². The fraction of sp³-hybridized carbons (Fsp3) is 0.562. The van der Waals surface area contributed by atoms with E-state index in [1.807, 2.05) is 31.2 Å². The van der Waals surface area contributed by atoms with E-state index in [1.54, 1.807) is 7.05 Å². The first-order valence-electron chi connectivity index (χ1n) is 7.55. The lowest BCUT2D eigenvalue weighted by Gasteiger charge is -2.19. The van der Waals surface area contributed by atoms with Gasteiger partial charge in [0, 0.05) is 20.1 Å². The van der Waals surface area contributed by atoms with Gasteiger partial charge in [0.2, 0.25) is 0 Å². The summed E-state index contributed by atoms with van der Waals surface area (Å²) < 4.78 is 36.6. The minimum atomic E-state index is -4.15. The van der Waals surface area contributed by atoms with Crippen LogP contribution >= 0.6 is 0 Å². The van der Waals surface area contributed by atoms with Crippen molar-refractivity contribution >= 4 is 5.96 Å². The molecule has 0 saturated heterocycles. The van der Waals surface area contributed by atoms with E-state index in [2.05, 4.69) is 15.6 Å². The Morgan fingerprint density at radius 2 is 1.83 bits per heavy atom. The third-order valence-corrected chi connectivity index (χ3v) is 3.26. The number of aliphatic imine (C=N–C) groups is 1. The SMILES string of the molecule is CN=C(NCCCN(C)CC(F)(F)F)NCc1ccc(C)cc1. The van der Waals surface area contributed by atoms with E-state index in [9.17, 15) is 13.2 Å². The Balaban J connectivity index is 2.23. The fourth-order valence-corrected chi connectivity index (χ4v) is 2.05. The van der Waals surface area contributed by atoms with Gasteiger partial charge in [-0.15, -0.1) is 0 Å². The molecular formula is C16H25F3N4. The average Bonchev–Trinajstić information content (AvgIpc) is 2.46. The van der Waals surface area contributed by atoms with Crippen LogP contribution in [-0.2, 0) is 6.54 Å². The Hall–Kier alpha value is -1.76. The van der Waals surface area contributed by atoms with E-state index < -0.39 is 12.7 Å². The second-order valence-electron chi connectivity index (χ2n) is 5.54. The number of nitrogens with one attached hydrogen (secondary N) is 2. The molecule has 0 bridgehead atoms. The summed E-state index contributed by atoms with van der Waals surface area (Å²) in [6, 6.07) is 8.18. The zero-order valence-electron chi connectivity index (χ0n) is 13.9. The van der Waals surface area contributed by atoms with Crippen molar-refractivity contribution in [3.63, 3.8) is 0 Å². The average molecular weight is 330 g/mol. The van der Waals surface area contributed by atoms with Gasteiger partial charge in [-0.1, -0.05) is 29.8 Å². The number of aryl methyl sites for hydroxylation is 1. The summed E-state index contributed by atoms with van der Waals surface area (Å²) in [7, 11) is 3.14. The van der Waals surface area contributed by atoms with Crippen LogP contribution in [0.25, 0.3) is 0 Å². The standard InChI is InChI=1S/C16H25F3N4/c1-13-5-7-14(8-6-13)11-22-15(20-2)21-9-4-10-23(3)12-16(17,18)19/h5-8H,4,9-12H2,1-3H3,(H2,20,21,22). The lowest BCUT2D eigenvalue weighted by atomic mass is 10.1. The van der Waals surface area contributed by atoms with E-state index in [0.29, 0.717) is 32.0 Å². The summed E-state index contributed by atoms with van der Waals surface area (Å²) in [4.78, 5) is 5.37. The van der Waals surface area contributed by atoms with Crippen LogP contribution in [0.15, 0.2) is 29.3 Å². The summed E-state index contributed by atoms with van der Waals surface area (Å²) in [6.07, 6.45) is -3.54. The molecule has 0 aliphatic carbocycles. The Morgan fingerprint density at radius 1 is 1.17 bits per heavy atom. The molecule has 2 N–H and O–H groups in total. The quantitative estimate of drug-likeness (QED) is 0.458. The molecular weight excluding hydrogens is 305 g/mol. The van der Waals surface area contributed by atoms with Crippen LogP contribution in [0.2, 0.25) is 0 Å². The molecule has 0 aliphatic rings. The number of guanidine groups is 1. The van der Waals surface area contributed by atoms with Crippen LogP contribution in [-0.4, -0.2) is 50.8 Å². The van der Waals surface area contributed by atoms with Gasteiger partial charge in [-0.25, -0.2) is 0 Å². The van der Waals surface area contributed by atoms with Gasteiger partial charge in [0.05, 0.1) is 6.54 Å². The molecule has 4 nitrogen and oxygen atoms in total. The zero-order chi connectivity index (χ0) is 17.3. The molecule has 0 heterocycles. The predicted molar refractivity (Wildman–Crippen MR) is 87.5 cm³/mol. The highest BCUT2D eigenvalue weighted by atomic mass is 19.4. The van der Waals surface area contributed by atoms with Gasteiger partial charge < -0.3 is 10.6 Å². The van der Waals surface area contributed by atoms with Gasteiger partial charge in [0.1, 0.15) is 0 Å². The highest BCUT2D eigenvalue weighted by Crippen LogP contribution is 2.15. The van der Waals surface area contributed by atoms with Crippen molar-refractivity contribution in [2.45, 2.75) is 26.1 Å². The maximum absolute atomic E-state index is 12.2. The van der Waals surface area contributed by atoms with Gasteiger partial charge in [-0.2, -0.15) is 13.2 Å². The number of alkyl halides is 3. The first-order valence-corrected chi connectivity index (χ1v) is 7.55. The molecule has 0 amide bonds. The van der Waals surface area contributed by atoms with Gasteiger partial charge in [-0.05, 0) is 32.5 Å². The minimum absolute atomic E-state index is 0.376. The lowest BCUT2D eigenvalue weighted by Crippen LogP contribution is -2.39. The topological polar surface area (TPSA) is 39.7 Å². The molecule has 0 unspecified atom stereocenters. The highest BCUT2D eigenvalue weighted by Gasteiger charge is 2.28. The molecule has 0 aromatic heterocycles. The molecule has 1 rings (SSSR count). The zero-order valence-corrected chi connectivity index (χ0v) is 13.9. The normalized spacial score (nSPS) is 12.6. The van der Waals surface area contributed by atoms with Crippen molar-refractivity contribution in [2.75, 3.05) is 33.7 Å². The summed E-state index contributed by atoms with van der Waals surface area (Å²) in [5.41, 5.74) is 2.35. The highest BCUT2D eigenvalue weighted by molar-refractivity contribution is 5.79. The first kappa shape index (κ1) is 19.3. The summed E-state index contributed by atoms with van der Waals surface area (Å²) in [5.74, 6) is 0.643. The number of rotatable bonds is 7. The summed E-state index contributed by atoms with van der Waals surface area (Å²) in [5, 5.41) is 6.28. The van der Waals surface area contributed by atoms with Crippen molar-refractivity contribution < 1.29 is 13.2 Å². The Kier molecular flexibility index (Phi) is 7.88. The number of hydrogen-bond acceptors (Lipinski definition) is 2. The molecule has 7 heteroatoms. The third-order valence-electron chi connectivity index (χ3n) is 3.26. The van der Waals surface area contributed by atoms with Crippen LogP contribution < -0.4 is 10.6 Å². The predicted octanol–water partition coefficient (Wildman–Crippen LogP) is 2.54. The molecule has 1 aromatic carbocycles. The summed E-state index contributed by atoms with van der Waals surface area (Å²) >= 11 is 0. The smallest absolute Gasteiger partial charge is 0.356 e. The monoisotopic (exact) mass is 330 g/mol. The molecule has 0 radical (unpaired) electrons. The maximum Gasteiger partial charge on any atom is 0.401 e.